The van der Waals surface area contributed by atoms with E-state index in [-0.39, 0.29) is 5.69 Å². The van der Waals surface area contributed by atoms with Gasteiger partial charge in [-0.3, -0.25) is 4.79 Å². The van der Waals surface area contributed by atoms with Gasteiger partial charge in [0.05, 0.1) is 6.07 Å². The molecular weight excluding hydrogens is 262 g/mol. The number of carbonyl (C=O) groups is 1. The molecule has 0 unspecified atom stereocenters. The molecule has 1 N–H and O–H groups in total. The number of benzene rings is 1. The number of hydrogen-bond acceptors (Lipinski definition) is 2. The Bertz CT molecular complexity index is 517. The summed E-state index contributed by atoms with van der Waals surface area (Å²) in [7, 11) is 0. The quantitative estimate of drug-likeness (QED) is 0.855. The zero-order valence-corrected chi connectivity index (χ0v) is 11.7. The van der Waals surface area contributed by atoms with Gasteiger partial charge in [0.1, 0.15) is 5.41 Å². The number of nitriles is 1. The van der Waals surface area contributed by atoms with Crippen molar-refractivity contribution in [3.8, 4) is 6.07 Å². The Labute approximate surface area is 117 Å². The first-order chi connectivity index (χ1) is 9.49. The third-order valence-corrected chi connectivity index (χ3v) is 3.18. The van der Waals surface area contributed by atoms with Crippen LogP contribution < -0.4 is 5.32 Å². The lowest BCUT2D eigenvalue weighted by molar-refractivity contribution is -0.123. The molecule has 0 saturated carbocycles. The first-order valence-corrected chi connectivity index (χ1v) is 6.67. The Kier molecular flexibility index (Phi) is 5.63. The first kappa shape index (κ1) is 16.1. The van der Waals surface area contributed by atoms with E-state index in [1.807, 2.05) is 13.8 Å². The van der Waals surface area contributed by atoms with E-state index in [2.05, 4.69) is 11.4 Å². The third-order valence-electron chi connectivity index (χ3n) is 3.18. The van der Waals surface area contributed by atoms with E-state index >= 15 is 0 Å². The summed E-state index contributed by atoms with van der Waals surface area (Å²) in [4.78, 5) is 12.3. The van der Waals surface area contributed by atoms with Crippen molar-refractivity contribution in [1.29, 1.82) is 5.26 Å². The lowest BCUT2D eigenvalue weighted by Gasteiger charge is -2.24. The molecule has 0 fully saturated rings. The van der Waals surface area contributed by atoms with Gasteiger partial charge in [-0.25, -0.2) is 8.78 Å². The van der Waals surface area contributed by atoms with E-state index in [0.29, 0.717) is 25.7 Å². The summed E-state index contributed by atoms with van der Waals surface area (Å²) >= 11 is 0. The van der Waals surface area contributed by atoms with Gasteiger partial charge in [-0.05, 0) is 25.0 Å². The van der Waals surface area contributed by atoms with E-state index < -0.39 is 23.0 Å². The molecular formula is C15H18F2N2O. The fourth-order valence-electron chi connectivity index (χ4n) is 2.19. The van der Waals surface area contributed by atoms with Gasteiger partial charge in [-0.1, -0.05) is 26.7 Å². The van der Waals surface area contributed by atoms with Crippen LogP contribution in [0.25, 0.3) is 0 Å². The number of anilines is 1. The summed E-state index contributed by atoms with van der Waals surface area (Å²) in [6, 6.07) is 5.21. The summed E-state index contributed by atoms with van der Waals surface area (Å²) in [5.74, 6) is -2.47. The highest BCUT2D eigenvalue weighted by Crippen LogP contribution is 2.31. The average Bonchev–Trinajstić information content (AvgIpc) is 2.42. The summed E-state index contributed by atoms with van der Waals surface area (Å²) in [5, 5.41) is 11.8. The number of nitrogens with zero attached hydrogens (tertiary/aromatic N) is 1. The molecule has 0 aromatic heterocycles. The maximum Gasteiger partial charge on any atom is 0.244 e. The minimum atomic E-state index is -1.12. The minimum absolute atomic E-state index is 0.153. The second-order valence-electron chi connectivity index (χ2n) is 4.78. The molecule has 0 aliphatic rings. The molecule has 0 aliphatic heterocycles. The molecule has 5 heteroatoms. The second kappa shape index (κ2) is 6.99. The third kappa shape index (κ3) is 3.53. The molecule has 1 aromatic rings. The smallest absolute Gasteiger partial charge is 0.244 e. The van der Waals surface area contributed by atoms with Gasteiger partial charge in [-0.15, -0.1) is 0 Å². The van der Waals surface area contributed by atoms with Crippen molar-refractivity contribution < 1.29 is 13.6 Å². The van der Waals surface area contributed by atoms with E-state index in [1.54, 1.807) is 0 Å². The second-order valence-corrected chi connectivity index (χ2v) is 4.78. The largest absolute Gasteiger partial charge is 0.325 e. The van der Waals surface area contributed by atoms with Gasteiger partial charge in [0.15, 0.2) is 11.6 Å². The molecule has 1 aromatic carbocycles. The lowest BCUT2D eigenvalue weighted by Crippen LogP contribution is -2.35. The lowest BCUT2D eigenvalue weighted by atomic mass is 9.79. The van der Waals surface area contributed by atoms with Crippen molar-refractivity contribution in [2.75, 3.05) is 5.32 Å². The molecule has 0 aliphatic carbocycles. The van der Waals surface area contributed by atoms with Gasteiger partial charge < -0.3 is 5.32 Å². The van der Waals surface area contributed by atoms with Crippen LogP contribution >= 0.6 is 0 Å². The van der Waals surface area contributed by atoms with Crippen LogP contribution in [0.5, 0.6) is 0 Å². The maximum atomic E-state index is 13.1. The predicted octanol–water partition coefficient (Wildman–Crippen LogP) is 4.01. The van der Waals surface area contributed by atoms with Crippen molar-refractivity contribution in [2.24, 2.45) is 5.41 Å². The molecule has 0 atom stereocenters. The highest BCUT2D eigenvalue weighted by molar-refractivity contribution is 5.97. The monoisotopic (exact) mass is 280 g/mol. The predicted molar refractivity (Wildman–Crippen MR) is 72.8 cm³/mol. The molecule has 108 valence electrons. The number of amides is 1. The summed E-state index contributed by atoms with van der Waals surface area (Å²) in [6.07, 6.45) is 2.26. The van der Waals surface area contributed by atoms with Gasteiger partial charge >= 0.3 is 0 Å². The van der Waals surface area contributed by atoms with Crippen LogP contribution in [0.2, 0.25) is 0 Å². The summed E-state index contributed by atoms with van der Waals surface area (Å²) < 4.78 is 26.0. The zero-order valence-electron chi connectivity index (χ0n) is 11.7. The zero-order chi connectivity index (χ0) is 15.2. The van der Waals surface area contributed by atoms with Gasteiger partial charge in [0.2, 0.25) is 5.91 Å². The first-order valence-electron chi connectivity index (χ1n) is 6.67. The highest BCUT2D eigenvalue weighted by atomic mass is 19.2. The van der Waals surface area contributed by atoms with Crippen molar-refractivity contribution in [3.05, 3.63) is 29.8 Å². The topological polar surface area (TPSA) is 52.9 Å². The number of hydrogen-bond donors (Lipinski definition) is 1. The van der Waals surface area contributed by atoms with Gasteiger partial charge in [0.25, 0.3) is 0 Å². The number of carbonyl (C=O) groups excluding carboxylic acids is 1. The van der Waals surface area contributed by atoms with Crippen LogP contribution in [-0.4, -0.2) is 5.91 Å². The van der Waals surface area contributed by atoms with Crippen LogP contribution in [0.3, 0.4) is 0 Å². The molecule has 0 bridgehead atoms. The van der Waals surface area contributed by atoms with Crippen LogP contribution in [0.1, 0.15) is 39.5 Å². The Morgan fingerprint density at radius 2 is 1.85 bits per heavy atom. The normalized spacial score (nSPS) is 10.9. The van der Waals surface area contributed by atoms with Crippen molar-refractivity contribution >= 4 is 11.6 Å². The number of halogens is 2. The number of rotatable bonds is 6. The Morgan fingerprint density at radius 1 is 1.25 bits per heavy atom. The molecule has 0 radical (unpaired) electrons. The molecule has 0 spiro atoms. The standard InChI is InChI=1S/C15H18F2N2O/c1-3-7-15(10-18,8-4-2)14(20)19-11-5-6-12(16)13(17)9-11/h5-6,9H,3-4,7-8H2,1-2H3,(H,19,20). The van der Waals surface area contributed by atoms with E-state index in [0.717, 1.165) is 12.1 Å². The van der Waals surface area contributed by atoms with Gasteiger partial charge in [-0.2, -0.15) is 5.26 Å². The van der Waals surface area contributed by atoms with E-state index in [1.165, 1.54) is 6.07 Å². The van der Waals surface area contributed by atoms with Crippen LogP contribution in [0.4, 0.5) is 14.5 Å². The molecule has 1 amide bonds. The minimum Gasteiger partial charge on any atom is -0.325 e. The maximum absolute atomic E-state index is 13.1. The Morgan fingerprint density at radius 3 is 2.30 bits per heavy atom. The average molecular weight is 280 g/mol. The highest BCUT2D eigenvalue weighted by Gasteiger charge is 2.37. The fraction of sp³-hybridized carbons (Fsp3) is 0.467. The van der Waals surface area contributed by atoms with Crippen molar-refractivity contribution in [2.45, 2.75) is 39.5 Å². The van der Waals surface area contributed by atoms with Crippen LogP contribution in [0, 0.1) is 28.4 Å². The summed E-state index contributed by atoms with van der Waals surface area (Å²) in [5.41, 5.74) is -0.963. The van der Waals surface area contributed by atoms with Gasteiger partial charge in [0, 0.05) is 11.8 Å². The van der Waals surface area contributed by atoms with E-state index in [9.17, 15) is 18.8 Å². The Balaban J connectivity index is 2.96. The van der Waals surface area contributed by atoms with Crippen molar-refractivity contribution in [3.63, 3.8) is 0 Å². The molecule has 1 rings (SSSR count). The number of nitrogens with one attached hydrogen (secondary N) is 1. The molecule has 0 saturated heterocycles. The van der Waals surface area contributed by atoms with E-state index in [4.69, 9.17) is 0 Å². The SMILES string of the molecule is CCCC(C#N)(CCC)C(=O)Nc1ccc(F)c(F)c1. The fourth-order valence-corrected chi connectivity index (χ4v) is 2.19. The van der Waals surface area contributed by atoms with Crippen LogP contribution in [-0.2, 0) is 4.79 Å². The molecule has 0 heterocycles. The molecule has 3 nitrogen and oxygen atoms in total. The van der Waals surface area contributed by atoms with Crippen molar-refractivity contribution in [1.82, 2.24) is 0 Å². The molecule has 20 heavy (non-hydrogen) atoms. The summed E-state index contributed by atoms with van der Waals surface area (Å²) in [6.45, 7) is 3.79. The van der Waals surface area contributed by atoms with Crippen LogP contribution in [0.15, 0.2) is 18.2 Å². The Hall–Kier alpha value is -1.96.